The van der Waals surface area contributed by atoms with Crippen LogP contribution in [0.25, 0.3) is 0 Å². The molecule has 0 atom stereocenters. The normalized spacial score (nSPS) is 10.5. The summed E-state index contributed by atoms with van der Waals surface area (Å²) in [4.78, 5) is 9.77. The van der Waals surface area contributed by atoms with Crippen molar-refractivity contribution in [1.29, 1.82) is 0 Å². The molecule has 0 spiro atoms. The van der Waals surface area contributed by atoms with E-state index in [4.69, 9.17) is 0 Å². The Kier molecular flexibility index (Phi) is 3.57. The molecule has 0 heterocycles. The van der Waals surface area contributed by atoms with Crippen LogP contribution >= 0.6 is 15.9 Å². The van der Waals surface area contributed by atoms with Crippen LogP contribution in [0.5, 0.6) is 5.75 Å². The molecule has 0 bridgehead atoms. The molecule has 82 valence electrons. The summed E-state index contributed by atoms with van der Waals surface area (Å²) < 4.78 is 28.4. The molecule has 0 saturated heterocycles. The highest BCUT2D eigenvalue weighted by Crippen LogP contribution is 2.33. The molecular formula is C8H6BrF2NO3. The molecule has 0 aliphatic carbocycles. The second kappa shape index (κ2) is 4.52. The van der Waals surface area contributed by atoms with Crippen molar-refractivity contribution in [1.82, 2.24) is 0 Å². The van der Waals surface area contributed by atoms with Crippen molar-refractivity contribution >= 4 is 21.6 Å². The highest BCUT2D eigenvalue weighted by atomic mass is 79.9. The largest absolute Gasteiger partial charge is 0.427 e. The predicted octanol–water partition coefficient (Wildman–Crippen LogP) is 3.27. The minimum atomic E-state index is -3.08. The van der Waals surface area contributed by atoms with Gasteiger partial charge in [-0.1, -0.05) is 15.9 Å². The Labute approximate surface area is 92.1 Å². The Morgan fingerprint density at radius 1 is 1.53 bits per heavy atom. The third-order valence-corrected chi connectivity index (χ3v) is 2.51. The lowest BCUT2D eigenvalue weighted by molar-refractivity contribution is -0.386. The number of hydrogen-bond acceptors (Lipinski definition) is 3. The fourth-order valence-corrected chi connectivity index (χ4v) is 1.30. The molecule has 0 radical (unpaired) electrons. The zero-order chi connectivity index (χ0) is 11.6. The first-order valence-electron chi connectivity index (χ1n) is 3.81. The maximum absolute atomic E-state index is 11.9. The molecule has 15 heavy (non-hydrogen) atoms. The number of benzene rings is 1. The van der Waals surface area contributed by atoms with E-state index >= 15 is 0 Å². The van der Waals surface area contributed by atoms with Gasteiger partial charge in [-0.3, -0.25) is 10.1 Å². The van der Waals surface area contributed by atoms with Gasteiger partial charge < -0.3 is 4.74 Å². The van der Waals surface area contributed by atoms with Crippen molar-refractivity contribution in [3.8, 4) is 5.75 Å². The molecular weight excluding hydrogens is 276 g/mol. The van der Waals surface area contributed by atoms with E-state index in [0.717, 1.165) is 6.07 Å². The molecule has 1 rings (SSSR count). The average Bonchev–Trinajstić information content (AvgIpc) is 2.09. The lowest BCUT2D eigenvalue weighted by atomic mass is 10.2. The number of nitro benzene ring substituents is 1. The lowest BCUT2D eigenvalue weighted by Crippen LogP contribution is -2.04. The molecule has 0 N–H and O–H groups in total. The van der Waals surface area contributed by atoms with Gasteiger partial charge in [0.1, 0.15) is 0 Å². The Balaban J connectivity index is 3.22. The first kappa shape index (κ1) is 11.8. The van der Waals surface area contributed by atoms with Crippen molar-refractivity contribution < 1.29 is 18.4 Å². The number of aryl methyl sites for hydroxylation is 1. The summed E-state index contributed by atoms with van der Waals surface area (Å²) in [5.74, 6) is -0.451. The second-order valence-corrected chi connectivity index (χ2v) is 3.56. The van der Waals surface area contributed by atoms with Crippen molar-refractivity contribution in [2.45, 2.75) is 13.5 Å². The maximum atomic E-state index is 11.9. The number of rotatable bonds is 3. The van der Waals surface area contributed by atoms with Crippen LogP contribution in [0.1, 0.15) is 5.56 Å². The number of halogens is 3. The van der Waals surface area contributed by atoms with E-state index < -0.39 is 23.0 Å². The molecule has 0 aliphatic heterocycles. The topological polar surface area (TPSA) is 52.4 Å². The minimum absolute atomic E-state index is 0.451. The molecule has 4 nitrogen and oxygen atoms in total. The third kappa shape index (κ3) is 2.85. The summed E-state index contributed by atoms with van der Waals surface area (Å²) in [6.07, 6.45) is 0. The molecule has 1 aromatic carbocycles. The summed E-state index contributed by atoms with van der Waals surface area (Å²) in [5.41, 5.74) is 0.0966. The predicted molar refractivity (Wildman–Crippen MR) is 52.2 cm³/mol. The Bertz CT molecular complexity index is 398. The molecule has 0 unspecified atom stereocenters. The fourth-order valence-electron chi connectivity index (χ4n) is 0.981. The number of nitrogens with zero attached hydrogens (tertiary/aromatic N) is 1. The van der Waals surface area contributed by atoms with Crippen LogP contribution < -0.4 is 4.74 Å². The Morgan fingerprint density at radius 2 is 2.13 bits per heavy atom. The monoisotopic (exact) mass is 281 g/mol. The smallest absolute Gasteiger partial charge is 0.387 e. The number of ether oxygens (including phenoxy) is 1. The van der Waals surface area contributed by atoms with Crippen molar-refractivity contribution in [3.63, 3.8) is 0 Å². The molecule has 0 aliphatic rings. The molecule has 0 aromatic heterocycles. The van der Waals surface area contributed by atoms with E-state index in [-0.39, 0.29) is 0 Å². The summed E-state index contributed by atoms with van der Waals surface area (Å²) in [7, 11) is 0. The van der Waals surface area contributed by atoms with Gasteiger partial charge in [0, 0.05) is 16.6 Å². The molecule has 0 saturated carbocycles. The van der Waals surface area contributed by atoms with Crippen LogP contribution in [0, 0.1) is 17.0 Å². The van der Waals surface area contributed by atoms with Crippen molar-refractivity contribution in [3.05, 3.63) is 32.3 Å². The summed E-state index contributed by atoms with van der Waals surface area (Å²) in [6.45, 7) is -1.47. The van der Waals surface area contributed by atoms with Crippen LogP contribution in [0.15, 0.2) is 16.6 Å². The average molecular weight is 282 g/mol. The molecule has 7 heteroatoms. The van der Waals surface area contributed by atoms with E-state index in [1.807, 2.05) is 0 Å². The molecule has 0 fully saturated rings. The lowest BCUT2D eigenvalue weighted by Gasteiger charge is -2.06. The van der Waals surface area contributed by atoms with Gasteiger partial charge in [0.25, 0.3) is 0 Å². The van der Waals surface area contributed by atoms with Gasteiger partial charge in [0.2, 0.25) is 5.75 Å². The highest BCUT2D eigenvalue weighted by molar-refractivity contribution is 9.10. The van der Waals surface area contributed by atoms with Gasteiger partial charge in [0.15, 0.2) is 0 Å². The van der Waals surface area contributed by atoms with Gasteiger partial charge in [0.05, 0.1) is 4.92 Å². The van der Waals surface area contributed by atoms with Gasteiger partial charge in [-0.15, -0.1) is 0 Å². The van der Waals surface area contributed by atoms with E-state index in [1.165, 1.54) is 6.07 Å². The van der Waals surface area contributed by atoms with Crippen LogP contribution in [0.3, 0.4) is 0 Å². The Hall–Kier alpha value is -1.24. The minimum Gasteiger partial charge on any atom is -0.427 e. The fraction of sp³-hybridized carbons (Fsp3) is 0.250. The molecule has 0 amide bonds. The van der Waals surface area contributed by atoms with Crippen molar-refractivity contribution in [2.75, 3.05) is 0 Å². The number of alkyl halides is 2. The zero-order valence-electron chi connectivity index (χ0n) is 7.54. The van der Waals surface area contributed by atoms with Gasteiger partial charge in [-0.2, -0.15) is 8.78 Å². The maximum Gasteiger partial charge on any atom is 0.387 e. The van der Waals surface area contributed by atoms with E-state index in [9.17, 15) is 18.9 Å². The van der Waals surface area contributed by atoms with E-state index in [0.29, 0.717) is 10.0 Å². The van der Waals surface area contributed by atoms with Crippen LogP contribution in [0.2, 0.25) is 0 Å². The van der Waals surface area contributed by atoms with Gasteiger partial charge in [-0.25, -0.2) is 0 Å². The van der Waals surface area contributed by atoms with Gasteiger partial charge >= 0.3 is 12.3 Å². The first-order valence-corrected chi connectivity index (χ1v) is 4.60. The number of nitro groups is 1. The third-order valence-electron chi connectivity index (χ3n) is 1.65. The van der Waals surface area contributed by atoms with Crippen LogP contribution in [0.4, 0.5) is 14.5 Å². The van der Waals surface area contributed by atoms with E-state index in [1.54, 1.807) is 6.92 Å². The zero-order valence-corrected chi connectivity index (χ0v) is 9.12. The summed E-state index contributed by atoms with van der Waals surface area (Å²) >= 11 is 3.07. The summed E-state index contributed by atoms with van der Waals surface area (Å²) in [5, 5.41) is 10.5. The SMILES string of the molecule is Cc1cc([N+](=O)[O-])c(OC(F)F)cc1Br. The molecule has 1 aromatic rings. The van der Waals surface area contributed by atoms with Crippen molar-refractivity contribution in [2.24, 2.45) is 0 Å². The Morgan fingerprint density at radius 3 is 2.60 bits per heavy atom. The second-order valence-electron chi connectivity index (χ2n) is 2.70. The van der Waals surface area contributed by atoms with Crippen LogP contribution in [-0.2, 0) is 0 Å². The highest BCUT2D eigenvalue weighted by Gasteiger charge is 2.20. The first-order chi connectivity index (χ1) is 6.91. The van der Waals surface area contributed by atoms with E-state index in [2.05, 4.69) is 20.7 Å². The quantitative estimate of drug-likeness (QED) is 0.631. The number of hydrogen-bond donors (Lipinski definition) is 0. The summed E-state index contributed by atoms with van der Waals surface area (Å²) in [6, 6.07) is 2.32. The standard InChI is InChI=1S/C8H6BrF2NO3/c1-4-2-6(12(13)14)7(3-5(4)9)15-8(10)11/h2-3,8H,1H3. The van der Waals surface area contributed by atoms with Crippen LogP contribution in [-0.4, -0.2) is 11.5 Å². The van der Waals surface area contributed by atoms with Gasteiger partial charge in [-0.05, 0) is 12.5 Å².